The van der Waals surface area contributed by atoms with Crippen LogP contribution in [-0.2, 0) is 0 Å². The van der Waals surface area contributed by atoms with E-state index in [0.29, 0.717) is 16.4 Å². The molecule has 2 N–H and O–H groups in total. The first kappa shape index (κ1) is 20.1. The fraction of sp³-hybridized carbons (Fsp3) is 0.261. The Kier molecular flexibility index (Phi) is 5.81. The number of nitrogens with one attached hydrogen (secondary N) is 1. The summed E-state index contributed by atoms with van der Waals surface area (Å²) in [6.45, 7) is 2.95. The fourth-order valence-electron chi connectivity index (χ4n) is 3.82. The van der Waals surface area contributed by atoms with Gasteiger partial charge in [-0.1, -0.05) is 37.6 Å². The fourth-order valence-corrected chi connectivity index (χ4v) is 4.16. The molecule has 7 heteroatoms. The Morgan fingerprint density at radius 2 is 2.00 bits per heavy atom. The van der Waals surface area contributed by atoms with Crippen molar-refractivity contribution in [1.29, 1.82) is 0 Å². The lowest BCUT2D eigenvalue weighted by atomic mass is 10.0. The molecule has 2 aromatic heterocycles. The average molecular weight is 422 g/mol. The van der Waals surface area contributed by atoms with Crippen LogP contribution in [0, 0.1) is 0 Å². The first-order valence-electron chi connectivity index (χ1n) is 10.0. The Morgan fingerprint density at radius 3 is 2.73 bits per heavy atom. The van der Waals surface area contributed by atoms with E-state index in [9.17, 15) is 9.90 Å². The minimum atomic E-state index is -0.983. The number of hydrogen-bond acceptors (Lipinski definition) is 4. The van der Waals surface area contributed by atoms with Crippen LogP contribution in [0.5, 0.6) is 0 Å². The number of carboxylic acid groups (broad SMARTS) is 1. The molecule has 0 unspecified atom stereocenters. The second-order valence-corrected chi connectivity index (χ2v) is 7.61. The van der Waals surface area contributed by atoms with Crippen molar-refractivity contribution in [1.82, 2.24) is 15.2 Å². The van der Waals surface area contributed by atoms with Gasteiger partial charge in [-0.25, -0.2) is 4.79 Å². The molecule has 0 bridgehead atoms. The maximum Gasteiger partial charge on any atom is 0.336 e. The maximum atomic E-state index is 11.6. The van der Waals surface area contributed by atoms with Gasteiger partial charge in [0.2, 0.25) is 0 Å². The number of rotatable bonds is 7. The SMILES string of the molecule is CCCCN1C(=S)N[C@H](c2ccccn2)[C@@H]1c1ccc(-c2ccccc2C(=O)O)o1. The Morgan fingerprint density at radius 1 is 1.20 bits per heavy atom. The molecule has 0 spiro atoms. The molecule has 0 saturated carbocycles. The average Bonchev–Trinajstić information content (AvgIpc) is 3.37. The van der Waals surface area contributed by atoms with Crippen LogP contribution < -0.4 is 5.32 Å². The second-order valence-electron chi connectivity index (χ2n) is 7.23. The van der Waals surface area contributed by atoms with Crippen LogP contribution in [0.1, 0.15) is 53.7 Å². The van der Waals surface area contributed by atoms with Crippen molar-refractivity contribution >= 4 is 23.3 Å². The van der Waals surface area contributed by atoms with Crippen molar-refractivity contribution in [2.75, 3.05) is 6.54 Å². The van der Waals surface area contributed by atoms with Crippen LogP contribution >= 0.6 is 12.2 Å². The molecular formula is C23H23N3O3S. The first-order valence-corrected chi connectivity index (χ1v) is 10.4. The molecule has 3 heterocycles. The van der Waals surface area contributed by atoms with Crippen LogP contribution in [0.3, 0.4) is 0 Å². The summed E-state index contributed by atoms with van der Waals surface area (Å²) in [5.74, 6) is 0.267. The van der Waals surface area contributed by atoms with Crippen LogP contribution in [0.2, 0.25) is 0 Å². The summed E-state index contributed by atoms with van der Waals surface area (Å²) in [5, 5.41) is 13.6. The van der Waals surface area contributed by atoms with E-state index in [-0.39, 0.29) is 17.6 Å². The summed E-state index contributed by atoms with van der Waals surface area (Å²) >= 11 is 5.63. The van der Waals surface area contributed by atoms with Gasteiger partial charge in [0.25, 0.3) is 0 Å². The molecular weight excluding hydrogens is 398 g/mol. The summed E-state index contributed by atoms with van der Waals surface area (Å²) in [6, 6.07) is 16.1. The number of hydrogen-bond donors (Lipinski definition) is 2. The molecule has 0 aliphatic carbocycles. The van der Waals surface area contributed by atoms with Gasteiger partial charge in [0.1, 0.15) is 17.6 Å². The van der Waals surface area contributed by atoms with E-state index in [0.717, 1.165) is 30.8 Å². The van der Waals surface area contributed by atoms with Gasteiger partial charge in [-0.3, -0.25) is 4.98 Å². The predicted octanol–water partition coefficient (Wildman–Crippen LogP) is 4.81. The molecule has 2 atom stereocenters. The smallest absolute Gasteiger partial charge is 0.336 e. The number of pyridine rings is 1. The number of carbonyl (C=O) groups is 1. The molecule has 0 radical (unpaired) electrons. The number of nitrogens with zero attached hydrogens (tertiary/aromatic N) is 2. The summed E-state index contributed by atoms with van der Waals surface area (Å²) < 4.78 is 6.22. The molecule has 1 aliphatic heterocycles. The van der Waals surface area contributed by atoms with Gasteiger partial charge in [-0.15, -0.1) is 0 Å². The number of benzene rings is 1. The van der Waals surface area contributed by atoms with Gasteiger partial charge < -0.3 is 19.7 Å². The lowest BCUT2D eigenvalue weighted by molar-refractivity contribution is 0.0697. The lowest BCUT2D eigenvalue weighted by Crippen LogP contribution is -2.30. The molecule has 1 aromatic carbocycles. The number of carboxylic acids is 1. The zero-order chi connectivity index (χ0) is 21.1. The molecule has 154 valence electrons. The standard InChI is InChI=1S/C23H23N3O3S/c1-2-3-14-26-21(20(25-23(26)30)17-10-6-7-13-24-17)19-12-11-18(29-19)15-8-4-5-9-16(15)22(27)28/h4-13,20-21H,2-3,14H2,1H3,(H,25,30)(H,27,28)/t20-,21+/m1/s1. The molecule has 6 nitrogen and oxygen atoms in total. The van der Waals surface area contributed by atoms with Crippen LogP contribution in [-0.4, -0.2) is 32.6 Å². The minimum absolute atomic E-state index is 0.149. The normalized spacial score (nSPS) is 18.4. The molecule has 1 saturated heterocycles. The third kappa shape index (κ3) is 3.80. The van der Waals surface area contributed by atoms with Gasteiger partial charge in [0.15, 0.2) is 5.11 Å². The van der Waals surface area contributed by atoms with Crippen molar-refractivity contribution in [3.63, 3.8) is 0 Å². The molecule has 3 aromatic rings. The van der Waals surface area contributed by atoms with E-state index in [2.05, 4.69) is 22.1 Å². The Labute approximate surface area is 180 Å². The van der Waals surface area contributed by atoms with E-state index in [1.165, 1.54) is 0 Å². The highest BCUT2D eigenvalue weighted by Gasteiger charge is 2.41. The quantitative estimate of drug-likeness (QED) is 0.530. The van der Waals surface area contributed by atoms with E-state index in [1.807, 2.05) is 30.3 Å². The topological polar surface area (TPSA) is 78.6 Å². The minimum Gasteiger partial charge on any atom is -0.478 e. The number of thiocarbonyl (C=S) groups is 1. The number of furan rings is 1. The Bertz CT molecular complexity index is 1050. The molecule has 1 fully saturated rings. The first-order chi connectivity index (χ1) is 14.6. The Hall–Kier alpha value is -3.19. The van der Waals surface area contributed by atoms with Crippen molar-refractivity contribution < 1.29 is 14.3 Å². The molecule has 30 heavy (non-hydrogen) atoms. The molecule has 1 aliphatic rings. The van der Waals surface area contributed by atoms with Gasteiger partial charge in [-0.05, 0) is 49.0 Å². The zero-order valence-electron chi connectivity index (χ0n) is 16.6. The zero-order valence-corrected chi connectivity index (χ0v) is 17.4. The second kappa shape index (κ2) is 8.67. The number of aromatic carboxylic acids is 1. The van der Waals surface area contributed by atoms with Gasteiger partial charge in [0, 0.05) is 18.3 Å². The van der Waals surface area contributed by atoms with Crippen LogP contribution in [0.25, 0.3) is 11.3 Å². The third-order valence-electron chi connectivity index (χ3n) is 5.29. The van der Waals surface area contributed by atoms with Crippen molar-refractivity contribution in [3.05, 3.63) is 77.8 Å². The molecule has 4 rings (SSSR count). The van der Waals surface area contributed by atoms with E-state index in [4.69, 9.17) is 16.6 Å². The van der Waals surface area contributed by atoms with E-state index < -0.39 is 5.97 Å². The summed E-state index contributed by atoms with van der Waals surface area (Å²) in [7, 11) is 0. The third-order valence-corrected chi connectivity index (χ3v) is 5.64. The van der Waals surface area contributed by atoms with E-state index in [1.54, 1.807) is 30.5 Å². The number of unbranched alkanes of at least 4 members (excludes halogenated alkanes) is 1. The van der Waals surface area contributed by atoms with Gasteiger partial charge in [0.05, 0.1) is 17.3 Å². The highest BCUT2D eigenvalue weighted by molar-refractivity contribution is 7.80. The monoisotopic (exact) mass is 421 g/mol. The van der Waals surface area contributed by atoms with E-state index >= 15 is 0 Å². The lowest BCUT2D eigenvalue weighted by Gasteiger charge is -2.25. The van der Waals surface area contributed by atoms with Crippen LogP contribution in [0.15, 0.2) is 65.2 Å². The highest BCUT2D eigenvalue weighted by atomic mass is 32.1. The Balaban J connectivity index is 1.74. The van der Waals surface area contributed by atoms with Crippen molar-refractivity contribution in [3.8, 4) is 11.3 Å². The summed E-state index contributed by atoms with van der Waals surface area (Å²) in [5.41, 5.74) is 1.65. The summed E-state index contributed by atoms with van der Waals surface area (Å²) in [6.07, 6.45) is 3.82. The largest absolute Gasteiger partial charge is 0.478 e. The van der Waals surface area contributed by atoms with Crippen molar-refractivity contribution in [2.24, 2.45) is 0 Å². The van der Waals surface area contributed by atoms with Gasteiger partial charge >= 0.3 is 5.97 Å². The van der Waals surface area contributed by atoms with Crippen LogP contribution in [0.4, 0.5) is 0 Å². The predicted molar refractivity (Wildman–Crippen MR) is 118 cm³/mol. The number of aromatic nitrogens is 1. The maximum absolute atomic E-state index is 11.6. The molecule has 0 amide bonds. The highest BCUT2D eigenvalue weighted by Crippen LogP contribution is 2.40. The van der Waals surface area contributed by atoms with Gasteiger partial charge in [-0.2, -0.15) is 0 Å². The van der Waals surface area contributed by atoms with Crippen molar-refractivity contribution in [2.45, 2.75) is 31.8 Å². The summed E-state index contributed by atoms with van der Waals surface area (Å²) in [4.78, 5) is 18.3.